The van der Waals surface area contributed by atoms with Gasteiger partial charge in [0.2, 0.25) is 5.91 Å². The maximum atomic E-state index is 11.4. The number of aliphatic carboxylic acids is 1. The number of amides is 1. The Morgan fingerprint density at radius 2 is 2.00 bits per heavy atom. The van der Waals surface area contributed by atoms with Crippen LogP contribution >= 0.6 is 0 Å². The molecule has 1 rings (SSSR count). The fraction of sp³-hybridized carbons (Fsp3) is 0.778. The first-order valence-electron chi connectivity index (χ1n) is 4.85. The van der Waals surface area contributed by atoms with Gasteiger partial charge in [-0.25, -0.2) is 0 Å². The predicted octanol–water partition coefficient (Wildman–Crippen LogP) is -0.438. The van der Waals surface area contributed by atoms with Crippen molar-refractivity contribution in [2.75, 3.05) is 13.1 Å². The first kappa shape index (κ1) is 11.0. The normalized spacial score (nSPS) is 26.1. The smallest absolute Gasteiger partial charge is 0.306 e. The minimum Gasteiger partial charge on any atom is -0.481 e. The third kappa shape index (κ3) is 2.70. The number of carbonyl (C=O) groups is 2. The van der Waals surface area contributed by atoms with Crippen molar-refractivity contribution >= 4 is 11.9 Å². The fourth-order valence-electron chi connectivity index (χ4n) is 1.78. The molecule has 5 heteroatoms. The zero-order valence-electron chi connectivity index (χ0n) is 8.03. The minimum atomic E-state index is -0.792. The van der Waals surface area contributed by atoms with Crippen LogP contribution in [0.1, 0.15) is 19.3 Å². The zero-order valence-corrected chi connectivity index (χ0v) is 8.03. The van der Waals surface area contributed by atoms with Crippen LogP contribution in [0.25, 0.3) is 0 Å². The molecule has 14 heavy (non-hydrogen) atoms. The lowest BCUT2D eigenvalue weighted by molar-refractivity contribution is -0.141. The van der Waals surface area contributed by atoms with Gasteiger partial charge >= 0.3 is 5.97 Å². The average Bonchev–Trinajstić information content (AvgIpc) is 2.62. The summed E-state index contributed by atoms with van der Waals surface area (Å²) in [5.41, 5.74) is 5.24. The maximum Gasteiger partial charge on any atom is 0.306 e. The van der Waals surface area contributed by atoms with E-state index in [1.807, 2.05) is 0 Å². The van der Waals surface area contributed by atoms with E-state index in [0.717, 1.165) is 0 Å². The second kappa shape index (κ2) is 4.95. The van der Waals surface area contributed by atoms with E-state index in [0.29, 0.717) is 32.4 Å². The molecule has 0 aliphatic heterocycles. The van der Waals surface area contributed by atoms with Gasteiger partial charge in [0.15, 0.2) is 0 Å². The highest BCUT2D eigenvalue weighted by Gasteiger charge is 2.33. The van der Waals surface area contributed by atoms with Gasteiger partial charge in [0, 0.05) is 19.0 Å². The molecular weight excluding hydrogens is 184 g/mol. The lowest BCUT2D eigenvalue weighted by Crippen LogP contribution is -2.33. The number of rotatable bonds is 4. The number of carboxylic acid groups (broad SMARTS) is 1. The molecule has 0 spiro atoms. The van der Waals surface area contributed by atoms with Crippen molar-refractivity contribution in [3.05, 3.63) is 0 Å². The summed E-state index contributed by atoms with van der Waals surface area (Å²) in [6.07, 6.45) is 1.75. The highest BCUT2D eigenvalue weighted by atomic mass is 16.4. The van der Waals surface area contributed by atoms with E-state index in [-0.39, 0.29) is 17.7 Å². The van der Waals surface area contributed by atoms with Gasteiger partial charge in [-0.1, -0.05) is 0 Å². The van der Waals surface area contributed by atoms with Gasteiger partial charge in [-0.2, -0.15) is 0 Å². The van der Waals surface area contributed by atoms with Crippen molar-refractivity contribution in [3.8, 4) is 0 Å². The van der Waals surface area contributed by atoms with E-state index in [2.05, 4.69) is 5.32 Å². The SMILES string of the molecule is NCCNC(=O)C1CCC(C(=O)O)C1. The second-order valence-corrected chi connectivity index (χ2v) is 3.62. The van der Waals surface area contributed by atoms with E-state index in [4.69, 9.17) is 10.8 Å². The first-order chi connectivity index (χ1) is 6.65. The van der Waals surface area contributed by atoms with E-state index >= 15 is 0 Å². The Morgan fingerprint density at radius 3 is 2.50 bits per heavy atom. The molecule has 1 amide bonds. The van der Waals surface area contributed by atoms with E-state index in [9.17, 15) is 9.59 Å². The molecule has 1 fully saturated rings. The highest BCUT2D eigenvalue weighted by molar-refractivity contribution is 5.80. The Labute approximate surface area is 82.7 Å². The van der Waals surface area contributed by atoms with Gasteiger partial charge < -0.3 is 16.2 Å². The van der Waals surface area contributed by atoms with Crippen molar-refractivity contribution in [3.63, 3.8) is 0 Å². The van der Waals surface area contributed by atoms with E-state index < -0.39 is 5.97 Å². The Balaban J connectivity index is 2.34. The van der Waals surface area contributed by atoms with Gasteiger partial charge in [-0.15, -0.1) is 0 Å². The molecule has 1 saturated carbocycles. The van der Waals surface area contributed by atoms with Crippen molar-refractivity contribution in [1.29, 1.82) is 0 Å². The molecule has 1 aliphatic carbocycles. The largest absolute Gasteiger partial charge is 0.481 e. The molecule has 0 saturated heterocycles. The van der Waals surface area contributed by atoms with Gasteiger partial charge in [0.25, 0.3) is 0 Å². The molecule has 0 aromatic rings. The molecule has 0 radical (unpaired) electrons. The summed E-state index contributed by atoms with van der Waals surface area (Å²) in [4.78, 5) is 22.0. The molecule has 4 N–H and O–H groups in total. The van der Waals surface area contributed by atoms with Gasteiger partial charge in [0.05, 0.1) is 5.92 Å². The third-order valence-electron chi connectivity index (χ3n) is 2.60. The Bertz CT molecular complexity index is 230. The number of hydrogen-bond donors (Lipinski definition) is 3. The number of carbonyl (C=O) groups excluding carboxylic acids is 1. The highest BCUT2D eigenvalue weighted by Crippen LogP contribution is 2.30. The minimum absolute atomic E-state index is 0.0563. The number of nitrogens with two attached hydrogens (primary N) is 1. The molecular formula is C9H16N2O3. The number of hydrogen-bond acceptors (Lipinski definition) is 3. The van der Waals surface area contributed by atoms with Gasteiger partial charge in [-0.3, -0.25) is 9.59 Å². The number of nitrogens with one attached hydrogen (secondary N) is 1. The quantitative estimate of drug-likeness (QED) is 0.573. The monoisotopic (exact) mass is 200 g/mol. The van der Waals surface area contributed by atoms with Crippen molar-refractivity contribution in [2.45, 2.75) is 19.3 Å². The van der Waals surface area contributed by atoms with Crippen LogP contribution in [0.15, 0.2) is 0 Å². The molecule has 5 nitrogen and oxygen atoms in total. The Hall–Kier alpha value is -1.10. The summed E-state index contributed by atoms with van der Waals surface area (Å²) in [6, 6.07) is 0. The molecule has 80 valence electrons. The summed E-state index contributed by atoms with van der Waals surface area (Å²) in [7, 11) is 0. The topological polar surface area (TPSA) is 92.4 Å². The average molecular weight is 200 g/mol. The summed E-state index contributed by atoms with van der Waals surface area (Å²) in [5.74, 6) is -1.33. The summed E-state index contributed by atoms with van der Waals surface area (Å²) < 4.78 is 0. The standard InChI is InChI=1S/C9H16N2O3/c10-3-4-11-8(12)6-1-2-7(5-6)9(13)14/h6-7H,1-5,10H2,(H,11,12)(H,13,14). The van der Waals surface area contributed by atoms with E-state index in [1.165, 1.54) is 0 Å². The number of carboxylic acids is 1. The second-order valence-electron chi connectivity index (χ2n) is 3.62. The third-order valence-corrected chi connectivity index (χ3v) is 2.60. The van der Waals surface area contributed by atoms with Crippen LogP contribution in [-0.4, -0.2) is 30.1 Å². The van der Waals surface area contributed by atoms with Crippen LogP contribution < -0.4 is 11.1 Å². The van der Waals surface area contributed by atoms with Gasteiger partial charge in [0.1, 0.15) is 0 Å². The summed E-state index contributed by atoms with van der Waals surface area (Å²) in [6.45, 7) is 0.883. The Kier molecular flexibility index (Phi) is 3.88. The van der Waals surface area contributed by atoms with E-state index in [1.54, 1.807) is 0 Å². The van der Waals surface area contributed by atoms with Crippen molar-refractivity contribution in [2.24, 2.45) is 17.6 Å². The predicted molar refractivity (Wildman–Crippen MR) is 50.5 cm³/mol. The van der Waals surface area contributed by atoms with Crippen LogP contribution in [-0.2, 0) is 9.59 Å². The lowest BCUT2D eigenvalue weighted by Gasteiger charge is -2.09. The Morgan fingerprint density at radius 1 is 1.36 bits per heavy atom. The van der Waals surface area contributed by atoms with Gasteiger partial charge in [-0.05, 0) is 19.3 Å². The lowest BCUT2D eigenvalue weighted by atomic mass is 10.0. The maximum absolute atomic E-state index is 11.4. The van der Waals surface area contributed by atoms with Crippen LogP contribution in [0.3, 0.4) is 0 Å². The molecule has 2 unspecified atom stereocenters. The molecule has 0 bridgehead atoms. The van der Waals surface area contributed by atoms with Crippen molar-refractivity contribution < 1.29 is 14.7 Å². The molecule has 1 aliphatic rings. The van der Waals surface area contributed by atoms with Crippen LogP contribution in [0.2, 0.25) is 0 Å². The molecule has 0 heterocycles. The summed E-state index contributed by atoms with van der Waals surface area (Å²) >= 11 is 0. The first-order valence-corrected chi connectivity index (χ1v) is 4.85. The van der Waals surface area contributed by atoms with Crippen LogP contribution in [0.4, 0.5) is 0 Å². The molecule has 0 aromatic carbocycles. The van der Waals surface area contributed by atoms with Crippen LogP contribution in [0.5, 0.6) is 0 Å². The van der Waals surface area contributed by atoms with Crippen LogP contribution in [0, 0.1) is 11.8 Å². The summed E-state index contributed by atoms with van der Waals surface area (Å²) in [5, 5.41) is 11.4. The van der Waals surface area contributed by atoms with Crippen molar-refractivity contribution in [1.82, 2.24) is 5.32 Å². The molecule has 0 aromatic heterocycles. The fourth-order valence-corrected chi connectivity index (χ4v) is 1.78. The molecule has 2 atom stereocenters. The zero-order chi connectivity index (χ0) is 10.6.